The van der Waals surface area contributed by atoms with Gasteiger partial charge in [-0.15, -0.1) is 0 Å². The molecule has 2 aromatic heterocycles. The number of nitrogens with zero attached hydrogens (tertiary/aromatic N) is 5. The molecule has 0 saturated heterocycles. The maximum absolute atomic E-state index is 13.0. The maximum atomic E-state index is 13.0. The van der Waals surface area contributed by atoms with Crippen LogP contribution >= 0.6 is 15.9 Å². The van der Waals surface area contributed by atoms with Crippen LogP contribution in [0.4, 0.5) is 8.78 Å². The second kappa shape index (κ2) is 7.00. The van der Waals surface area contributed by atoms with Gasteiger partial charge in [0.15, 0.2) is 0 Å². The van der Waals surface area contributed by atoms with Gasteiger partial charge >= 0.3 is 0 Å². The molecule has 2 heterocycles. The van der Waals surface area contributed by atoms with E-state index in [9.17, 15) is 13.6 Å². The lowest BCUT2D eigenvalue weighted by Crippen LogP contribution is -2.33. The van der Waals surface area contributed by atoms with Crippen LogP contribution in [0.5, 0.6) is 0 Å². The maximum Gasteiger partial charge on any atom is 0.283 e. The average Bonchev–Trinajstić information content (AvgIpc) is 3.00. The van der Waals surface area contributed by atoms with E-state index in [1.807, 2.05) is 14.0 Å². The summed E-state index contributed by atoms with van der Waals surface area (Å²) in [6.45, 7) is 5.62. The molecule has 0 aliphatic carbocycles. The van der Waals surface area contributed by atoms with Crippen molar-refractivity contribution in [2.75, 3.05) is 7.05 Å². The van der Waals surface area contributed by atoms with E-state index in [1.54, 1.807) is 36.7 Å². The molecule has 0 aliphatic heterocycles. The van der Waals surface area contributed by atoms with Crippen molar-refractivity contribution in [3.05, 3.63) is 33.3 Å². The van der Waals surface area contributed by atoms with Gasteiger partial charge in [-0.2, -0.15) is 10.2 Å². The number of likely N-dealkylation sites (N-methyl/N-ethyl adjacent to an activating group) is 1. The summed E-state index contributed by atoms with van der Waals surface area (Å²) in [6, 6.07) is -0.684. The Hall–Kier alpha value is -1.77. The van der Waals surface area contributed by atoms with Gasteiger partial charge in [0.05, 0.1) is 16.4 Å². The van der Waals surface area contributed by atoms with Crippen LogP contribution in [-0.2, 0) is 18.4 Å². The molecule has 0 spiro atoms. The first-order valence-electron chi connectivity index (χ1n) is 7.40. The van der Waals surface area contributed by atoms with Gasteiger partial charge in [-0.25, -0.2) is 8.78 Å². The van der Waals surface area contributed by atoms with Crippen molar-refractivity contribution < 1.29 is 13.6 Å². The van der Waals surface area contributed by atoms with Crippen LogP contribution in [0.1, 0.15) is 42.0 Å². The molecule has 24 heavy (non-hydrogen) atoms. The zero-order valence-electron chi connectivity index (χ0n) is 14.2. The van der Waals surface area contributed by atoms with Crippen LogP contribution in [0, 0.1) is 13.8 Å². The minimum Gasteiger partial charge on any atom is -0.339 e. The Bertz CT molecular complexity index is 755. The number of rotatable bonds is 5. The van der Waals surface area contributed by atoms with E-state index < -0.39 is 12.5 Å². The molecule has 0 saturated carbocycles. The second-order valence-corrected chi connectivity index (χ2v) is 6.57. The molecule has 0 aromatic carbocycles. The van der Waals surface area contributed by atoms with Crippen LogP contribution in [0.3, 0.4) is 0 Å². The first-order chi connectivity index (χ1) is 11.1. The van der Waals surface area contributed by atoms with Gasteiger partial charge in [-0.05, 0) is 36.7 Å². The van der Waals surface area contributed by atoms with E-state index in [0.717, 1.165) is 11.3 Å². The number of aromatic nitrogens is 4. The first kappa shape index (κ1) is 18.6. The molecule has 2 aromatic rings. The van der Waals surface area contributed by atoms with E-state index in [2.05, 4.69) is 26.1 Å². The zero-order chi connectivity index (χ0) is 18.2. The van der Waals surface area contributed by atoms with Gasteiger partial charge in [0.1, 0.15) is 11.7 Å². The number of amides is 1. The molecule has 6 nitrogen and oxygen atoms in total. The SMILES string of the molecule is Cc1c(CN(C)C(=O)C(C)n2nc(C(F)F)c(Br)c2C)cnn1C. The van der Waals surface area contributed by atoms with Crippen molar-refractivity contribution in [1.82, 2.24) is 24.5 Å². The molecule has 0 N–H and O–H groups in total. The first-order valence-corrected chi connectivity index (χ1v) is 8.19. The Kier molecular flexibility index (Phi) is 5.42. The van der Waals surface area contributed by atoms with E-state index in [4.69, 9.17) is 0 Å². The molecule has 0 fully saturated rings. The van der Waals surface area contributed by atoms with Crippen LogP contribution < -0.4 is 0 Å². The summed E-state index contributed by atoms with van der Waals surface area (Å²) in [5.41, 5.74) is 2.06. The monoisotopic (exact) mass is 403 g/mol. The van der Waals surface area contributed by atoms with Gasteiger partial charge in [-0.3, -0.25) is 14.2 Å². The minimum atomic E-state index is -2.70. The second-order valence-electron chi connectivity index (χ2n) is 5.78. The quantitative estimate of drug-likeness (QED) is 0.770. The fourth-order valence-corrected chi connectivity index (χ4v) is 2.93. The third kappa shape index (κ3) is 3.35. The lowest BCUT2D eigenvalue weighted by atomic mass is 10.2. The molecule has 1 amide bonds. The number of hydrogen-bond donors (Lipinski definition) is 0. The Morgan fingerprint density at radius 1 is 1.38 bits per heavy atom. The Morgan fingerprint density at radius 3 is 2.46 bits per heavy atom. The third-order valence-electron chi connectivity index (χ3n) is 4.15. The molecule has 9 heteroatoms. The summed E-state index contributed by atoms with van der Waals surface area (Å²) in [5, 5.41) is 8.05. The highest BCUT2D eigenvalue weighted by molar-refractivity contribution is 9.10. The number of carbonyl (C=O) groups excluding carboxylic acids is 1. The third-order valence-corrected chi connectivity index (χ3v) is 5.13. The van der Waals surface area contributed by atoms with E-state index >= 15 is 0 Å². The Labute approximate surface area is 147 Å². The molecule has 2 rings (SSSR count). The van der Waals surface area contributed by atoms with E-state index in [1.165, 1.54) is 4.68 Å². The summed E-state index contributed by atoms with van der Waals surface area (Å²) in [7, 11) is 3.51. The van der Waals surface area contributed by atoms with E-state index in [-0.39, 0.29) is 16.1 Å². The highest BCUT2D eigenvalue weighted by atomic mass is 79.9. The summed E-state index contributed by atoms with van der Waals surface area (Å²) >= 11 is 3.12. The molecule has 0 radical (unpaired) electrons. The number of halogens is 3. The fraction of sp³-hybridized carbons (Fsp3) is 0.533. The normalized spacial score (nSPS) is 12.7. The summed E-state index contributed by atoms with van der Waals surface area (Å²) in [5.74, 6) is -0.211. The van der Waals surface area contributed by atoms with Crippen molar-refractivity contribution in [2.45, 2.75) is 39.8 Å². The van der Waals surface area contributed by atoms with Crippen molar-refractivity contribution in [3.8, 4) is 0 Å². The Balaban J connectivity index is 2.20. The number of alkyl halides is 2. The molecule has 0 aliphatic rings. The van der Waals surface area contributed by atoms with Gasteiger partial charge in [0.25, 0.3) is 6.43 Å². The molecule has 132 valence electrons. The molecule has 1 atom stereocenters. The van der Waals surface area contributed by atoms with Crippen molar-refractivity contribution in [3.63, 3.8) is 0 Å². The largest absolute Gasteiger partial charge is 0.339 e. The van der Waals surface area contributed by atoms with E-state index in [0.29, 0.717) is 12.2 Å². The average molecular weight is 404 g/mol. The van der Waals surface area contributed by atoms with Gasteiger partial charge in [-0.1, -0.05) is 0 Å². The fourth-order valence-electron chi connectivity index (χ4n) is 2.49. The summed E-state index contributed by atoms with van der Waals surface area (Å²) in [4.78, 5) is 14.2. The van der Waals surface area contributed by atoms with Crippen LogP contribution in [-0.4, -0.2) is 37.4 Å². The van der Waals surface area contributed by atoms with Crippen molar-refractivity contribution in [1.29, 1.82) is 0 Å². The zero-order valence-corrected chi connectivity index (χ0v) is 15.8. The van der Waals surface area contributed by atoms with Crippen LogP contribution in [0.15, 0.2) is 10.7 Å². The van der Waals surface area contributed by atoms with Gasteiger partial charge in [0, 0.05) is 31.9 Å². The molecular weight excluding hydrogens is 384 g/mol. The van der Waals surface area contributed by atoms with Gasteiger partial charge < -0.3 is 4.90 Å². The highest BCUT2D eigenvalue weighted by Crippen LogP contribution is 2.30. The lowest BCUT2D eigenvalue weighted by Gasteiger charge is -2.22. The standard InChI is InChI=1S/C15H20BrF2N5O/c1-8-11(6-19-22(8)5)7-21(4)15(24)10(3)23-9(2)12(16)13(20-23)14(17)18/h6,10,14H,7H2,1-5H3. The van der Waals surface area contributed by atoms with Crippen LogP contribution in [0.25, 0.3) is 0 Å². The smallest absolute Gasteiger partial charge is 0.283 e. The summed E-state index contributed by atoms with van der Waals surface area (Å²) < 4.78 is 29.2. The topological polar surface area (TPSA) is 56.0 Å². The Morgan fingerprint density at radius 2 is 2.00 bits per heavy atom. The summed E-state index contributed by atoms with van der Waals surface area (Å²) in [6.07, 6.45) is -0.980. The minimum absolute atomic E-state index is 0.211. The molecule has 1 unspecified atom stereocenters. The predicted molar refractivity (Wildman–Crippen MR) is 88.8 cm³/mol. The molecular formula is C15H20BrF2N5O. The number of carbonyl (C=O) groups is 1. The van der Waals surface area contributed by atoms with Gasteiger partial charge in [0.2, 0.25) is 5.91 Å². The molecule has 0 bridgehead atoms. The number of aryl methyl sites for hydroxylation is 1. The predicted octanol–water partition coefficient (Wildman–Crippen LogP) is 3.15. The van der Waals surface area contributed by atoms with Crippen molar-refractivity contribution in [2.24, 2.45) is 7.05 Å². The van der Waals surface area contributed by atoms with Crippen LogP contribution in [0.2, 0.25) is 0 Å². The lowest BCUT2D eigenvalue weighted by molar-refractivity contribution is -0.133. The highest BCUT2D eigenvalue weighted by Gasteiger charge is 2.27. The number of hydrogen-bond acceptors (Lipinski definition) is 3. The van der Waals surface area contributed by atoms with Crippen molar-refractivity contribution >= 4 is 21.8 Å².